The van der Waals surface area contributed by atoms with Crippen LogP contribution in [0.2, 0.25) is 5.02 Å². The van der Waals surface area contributed by atoms with Crippen LogP contribution in [0.4, 0.5) is 5.69 Å². The zero-order valence-corrected chi connectivity index (χ0v) is 11.7. The maximum absolute atomic E-state index is 6.18. The number of nitrogens with zero attached hydrogens (tertiary/aromatic N) is 1. The predicted molar refractivity (Wildman–Crippen MR) is 78.8 cm³/mol. The van der Waals surface area contributed by atoms with Gasteiger partial charge in [-0.25, -0.2) is 0 Å². The van der Waals surface area contributed by atoms with Crippen LogP contribution in [0, 0.1) is 0 Å². The van der Waals surface area contributed by atoms with E-state index in [1.807, 2.05) is 18.2 Å². The molecule has 2 unspecified atom stereocenters. The Balaban J connectivity index is 1.90. The normalized spacial score (nSPS) is 23.5. The largest absolute Gasteiger partial charge is 0.382 e. The first-order chi connectivity index (χ1) is 9.24. The zero-order chi connectivity index (χ0) is 13.2. The lowest BCUT2D eigenvalue weighted by molar-refractivity contribution is 0.0232. The Hall–Kier alpha value is -1.32. The van der Waals surface area contributed by atoms with Crippen LogP contribution in [0.1, 0.15) is 19.8 Å². The van der Waals surface area contributed by atoms with Crippen molar-refractivity contribution in [1.82, 2.24) is 4.98 Å². The average molecular weight is 277 g/mol. The second-order valence-corrected chi connectivity index (χ2v) is 5.45. The van der Waals surface area contributed by atoms with Crippen molar-refractivity contribution in [3.8, 4) is 0 Å². The maximum atomic E-state index is 6.18. The van der Waals surface area contributed by atoms with Gasteiger partial charge in [0, 0.05) is 29.9 Å². The molecule has 100 valence electrons. The molecular weight excluding hydrogens is 260 g/mol. The van der Waals surface area contributed by atoms with E-state index in [0.717, 1.165) is 36.0 Å². The molecule has 3 nitrogen and oxygen atoms in total. The predicted octanol–water partition coefficient (Wildman–Crippen LogP) is 3.87. The van der Waals surface area contributed by atoms with Crippen LogP contribution >= 0.6 is 11.6 Å². The molecule has 1 aromatic carbocycles. The van der Waals surface area contributed by atoms with Crippen molar-refractivity contribution in [2.75, 3.05) is 11.9 Å². The number of benzene rings is 1. The van der Waals surface area contributed by atoms with Gasteiger partial charge in [0.2, 0.25) is 0 Å². The SMILES string of the molecule is CC1CC(Nc2ccc(Cl)c3ncccc23)CCO1. The number of rotatable bonds is 2. The molecule has 1 aromatic heterocycles. The highest BCUT2D eigenvalue weighted by Crippen LogP contribution is 2.29. The minimum Gasteiger partial charge on any atom is -0.382 e. The van der Waals surface area contributed by atoms with E-state index in [1.54, 1.807) is 6.20 Å². The quantitative estimate of drug-likeness (QED) is 0.904. The fraction of sp³-hybridized carbons (Fsp3) is 0.400. The van der Waals surface area contributed by atoms with Gasteiger partial charge in [-0.05, 0) is 44.0 Å². The van der Waals surface area contributed by atoms with Gasteiger partial charge in [-0.1, -0.05) is 11.6 Å². The lowest BCUT2D eigenvalue weighted by atomic mass is 10.0. The van der Waals surface area contributed by atoms with Crippen molar-refractivity contribution in [2.45, 2.75) is 31.9 Å². The molecule has 0 bridgehead atoms. The van der Waals surface area contributed by atoms with E-state index in [4.69, 9.17) is 16.3 Å². The Morgan fingerprint density at radius 3 is 3.11 bits per heavy atom. The summed E-state index contributed by atoms with van der Waals surface area (Å²) in [6.07, 6.45) is 4.16. The monoisotopic (exact) mass is 276 g/mol. The molecule has 0 aliphatic carbocycles. The van der Waals surface area contributed by atoms with Gasteiger partial charge < -0.3 is 10.1 Å². The van der Waals surface area contributed by atoms with Gasteiger partial charge in [0.05, 0.1) is 16.6 Å². The van der Waals surface area contributed by atoms with Crippen molar-refractivity contribution in [3.05, 3.63) is 35.5 Å². The van der Waals surface area contributed by atoms with Gasteiger partial charge >= 0.3 is 0 Å². The Bertz CT molecular complexity index is 587. The second-order valence-electron chi connectivity index (χ2n) is 5.04. The van der Waals surface area contributed by atoms with Gasteiger partial charge in [-0.15, -0.1) is 0 Å². The first-order valence-corrected chi connectivity index (χ1v) is 7.03. The summed E-state index contributed by atoms with van der Waals surface area (Å²) in [7, 11) is 0. The van der Waals surface area contributed by atoms with Crippen LogP contribution in [-0.4, -0.2) is 23.7 Å². The molecule has 2 heterocycles. The molecule has 2 aromatic rings. The lowest BCUT2D eigenvalue weighted by Gasteiger charge is -2.29. The molecule has 4 heteroatoms. The van der Waals surface area contributed by atoms with Crippen LogP contribution in [0.15, 0.2) is 30.5 Å². The van der Waals surface area contributed by atoms with E-state index in [0.29, 0.717) is 17.2 Å². The summed E-state index contributed by atoms with van der Waals surface area (Å²) in [5, 5.41) is 5.38. The molecule has 1 saturated heterocycles. The third-order valence-corrected chi connectivity index (χ3v) is 3.87. The number of hydrogen-bond acceptors (Lipinski definition) is 3. The highest BCUT2D eigenvalue weighted by Gasteiger charge is 2.19. The fourth-order valence-corrected chi connectivity index (χ4v) is 2.83. The van der Waals surface area contributed by atoms with E-state index in [9.17, 15) is 0 Å². The Labute approximate surface area is 117 Å². The molecule has 1 aliphatic heterocycles. The Morgan fingerprint density at radius 2 is 2.26 bits per heavy atom. The van der Waals surface area contributed by atoms with Gasteiger partial charge in [0.15, 0.2) is 0 Å². The number of pyridine rings is 1. The first kappa shape index (κ1) is 12.7. The van der Waals surface area contributed by atoms with Gasteiger partial charge in [-0.2, -0.15) is 0 Å². The van der Waals surface area contributed by atoms with E-state index >= 15 is 0 Å². The molecule has 19 heavy (non-hydrogen) atoms. The number of halogens is 1. The van der Waals surface area contributed by atoms with Crippen LogP contribution < -0.4 is 5.32 Å². The minimum atomic E-state index is 0.322. The number of ether oxygens (including phenoxy) is 1. The molecule has 0 radical (unpaired) electrons. The topological polar surface area (TPSA) is 34.2 Å². The maximum Gasteiger partial charge on any atom is 0.0908 e. The third-order valence-electron chi connectivity index (χ3n) is 3.57. The number of anilines is 1. The average Bonchev–Trinajstić information content (AvgIpc) is 2.42. The highest BCUT2D eigenvalue weighted by atomic mass is 35.5. The first-order valence-electron chi connectivity index (χ1n) is 6.65. The molecule has 1 aliphatic rings. The standard InChI is InChI=1S/C15H17ClN2O/c1-10-9-11(6-8-19-10)18-14-5-4-13(16)15-12(14)3-2-7-17-15/h2-5,7,10-11,18H,6,8-9H2,1H3. The minimum absolute atomic E-state index is 0.322. The van der Waals surface area contributed by atoms with Gasteiger partial charge in [0.25, 0.3) is 0 Å². The number of fused-ring (bicyclic) bond motifs is 1. The molecular formula is C15H17ClN2O. The summed E-state index contributed by atoms with van der Waals surface area (Å²) in [4.78, 5) is 4.35. The summed E-state index contributed by atoms with van der Waals surface area (Å²) < 4.78 is 5.58. The van der Waals surface area contributed by atoms with Crippen molar-refractivity contribution in [1.29, 1.82) is 0 Å². The van der Waals surface area contributed by atoms with Crippen LogP contribution in [-0.2, 0) is 4.74 Å². The van der Waals surface area contributed by atoms with E-state index in [-0.39, 0.29) is 0 Å². The summed E-state index contributed by atoms with van der Waals surface area (Å²) in [6.45, 7) is 2.94. The lowest BCUT2D eigenvalue weighted by Crippen LogP contribution is -2.32. The summed E-state index contributed by atoms with van der Waals surface area (Å²) in [6, 6.07) is 8.39. The number of aromatic nitrogens is 1. The smallest absolute Gasteiger partial charge is 0.0908 e. The Kier molecular flexibility index (Phi) is 3.58. The van der Waals surface area contributed by atoms with E-state index in [1.165, 1.54) is 0 Å². The van der Waals surface area contributed by atoms with Crippen LogP contribution in [0.25, 0.3) is 10.9 Å². The highest BCUT2D eigenvalue weighted by molar-refractivity contribution is 6.35. The van der Waals surface area contributed by atoms with Crippen molar-refractivity contribution in [3.63, 3.8) is 0 Å². The van der Waals surface area contributed by atoms with Gasteiger partial charge in [0.1, 0.15) is 0 Å². The van der Waals surface area contributed by atoms with Crippen molar-refractivity contribution in [2.24, 2.45) is 0 Å². The molecule has 0 amide bonds. The van der Waals surface area contributed by atoms with E-state index in [2.05, 4.69) is 23.3 Å². The molecule has 3 rings (SSSR count). The van der Waals surface area contributed by atoms with Crippen LogP contribution in [0.5, 0.6) is 0 Å². The van der Waals surface area contributed by atoms with Gasteiger partial charge in [-0.3, -0.25) is 4.98 Å². The number of hydrogen-bond donors (Lipinski definition) is 1. The summed E-state index contributed by atoms with van der Waals surface area (Å²) in [5.41, 5.74) is 1.96. The third kappa shape index (κ3) is 2.67. The van der Waals surface area contributed by atoms with Crippen molar-refractivity contribution >= 4 is 28.2 Å². The van der Waals surface area contributed by atoms with Crippen molar-refractivity contribution < 1.29 is 4.74 Å². The second kappa shape index (κ2) is 5.35. The number of nitrogens with one attached hydrogen (secondary N) is 1. The Morgan fingerprint density at radius 1 is 1.37 bits per heavy atom. The molecule has 1 N–H and O–H groups in total. The summed E-state index contributed by atoms with van der Waals surface area (Å²) in [5.74, 6) is 0. The molecule has 2 atom stereocenters. The molecule has 0 spiro atoms. The fourth-order valence-electron chi connectivity index (χ4n) is 2.61. The molecule has 1 fully saturated rings. The van der Waals surface area contributed by atoms with E-state index < -0.39 is 0 Å². The molecule has 0 saturated carbocycles. The summed E-state index contributed by atoms with van der Waals surface area (Å²) >= 11 is 6.18. The van der Waals surface area contributed by atoms with Crippen LogP contribution in [0.3, 0.4) is 0 Å². The zero-order valence-electron chi connectivity index (χ0n) is 10.9.